The Kier molecular flexibility index (Phi) is 3.65. The molecule has 8 heteroatoms. The third-order valence-corrected chi connectivity index (χ3v) is 4.49. The average molecular weight is 343 g/mol. The van der Waals surface area contributed by atoms with E-state index in [4.69, 9.17) is 17.0 Å². The fourth-order valence-electron chi connectivity index (χ4n) is 3.00. The highest BCUT2D eigenvalue weighted by molar-refractivity contribution is 6.35. The monoisotopic (exact) mass is 342 g/mol. The topological polar surface area (TPSA) is 84.5 Å². The van der Waals surface area contributed by atoms with Crippen molar-refractivity contribution in [2.45, 2.75) is 12.8 Å². The molecule has 1 aromatic carbocycles. The first kappa shape index (κ1) is 15.0. The molecule has 1 N–H and O–H groups in total. The Bertz CT molecular complexity index is 791. The van der Waals surface area contributed by atoms with E-state index in [1.54, 1.807) is 30.5 Å². The molecule has 24 heavy (non-hydrogen) atoms. The van der Waals surface area contributed by atoms with Gasteiger partial charge in [-0.25, -0.2) is 14.7 Å². The molecule has 1 fully saturated rings. The fourth-order valence-corrected chi connectivity index (χ4v) is 3.12. The number of nitrogens with one attached hydrogen (secondary N) is 1. The van der Waals surface area contributed by atoms with Crippen LogP contribution in [0.1, 0.15) is 12.8 Å². The van der Waals surface area contributed by atoms with Crippen LogP contribution in [0.4, 0.5) is 10.5 Å². The molecule has 0 spiro atoms. The van der Waals surface area contributed by atoms with Crippen molar-refractivity contribution in [3.63, 3.8) is 0 Å². The molecule has 122 valence electrons. The summed E-state index contributed by atoms with van der Waals surface area (Å²) in [6, 6.07) is 6.21. The molecule has 4 rings (SSSR count). The van der Waals surface area contributed by atoms with Crippen LogP contribution in [0.5, 0.6) is 0 Å². The van der Waals surface area contributed by atoms with Crippen LogP contribution in [0.15, 0.2) is 39.2 Å². The lowest BCUT2D eigenvalue weighted by Crippen LogP contribution is -2.48. The number of amidine groups is 2. The molecule has 0 bridgehead atoms. The maximum Gasteiger partial charge on any atom is 0.355 e. The van der Waals surface area contributed by atoms with Gasteiger partial charge >= 0.3 is 6.03 Å². The molecule has 3 aliphatic rings. The third kappa shape index (κ3) is 2.50. The Balaban J connectivity index is 1.66. The number of rotatable bonds is 1. The lowest BCUT2D eigenvalue weighted by molar-refractivity contribution is 0.256. The highest BCUT2D eigenvalue weighted by Gasteiger charge is 2.37. The van der Waals surface area contributed by atoms with Crippen molar-refractivity contribution in [1.82, 2.24) is 4.90 Å². The number of fused-ring (bicyclic) bond motifs is 1. The SMILES string of the molecule is N=C1C2C=NC(N3CCCC3)=NC2=NC(=O)N1c1ccc(Cl)cc1. The highest BCUT2D eigenvalue weighted by Crippen LogP contribution is 2.26. The molecule has 0 radical (unpaired) electrons. The van der Waals surface area contributed by atoms with E-state index >= 15 is 0 Å². The normalized spacial score (nSPS) is 23.3. The summed E-state index contributed by atoms with van der Waals surface area (Å²) in [7, 11) is 0. The summed E-state index contributed by atoms with van der Waals surface area (Å²) in [4.78, 5) is 28.6. The van der Waals surface area contributed by atoms with Gasteiger partial charge in [0.2, 0.25) is 5.96 Å². The fraction of sp³-hybridized carbons (Fsp3) is 0.312. The molecular weight excluding hydrogens is 328 g/mol. The second-order valence-electron chi connectivity index (χ2n) is 5.81. The van der Waals surface area contributed by atoms with Crippen LogP contribution in [-0.4, -0.2) is 47.9 Å². The number of carbonyl (C=O) groups is 1. The van der Waals surface area contributed by atoms with Gasteiger partial charge in [0.05, 0.1) is 5.69 Å². The number of hydrogen-bond acceptors (Lipinski definition) is 5. The van der Waals surface area contributed by atoms with E-state index in [1.807, 2.05) is 0 Å². The van der Waals surface area contributed by atoms with Crippen molar-refractivity contribution < 1.29 is 4.79 Å². The van der Waals surface area contributed by atoms with E-state index in [0.717, 1.165) is 25.9 Å². The van der Waals surface area contributed by atoms with Gasteiger partial charge < -0.3 is 4.90 Å². The van der Waals surface area contributed by atoms with Gasteiger partial charge in [0, 0.05) is 24.3 Å². The summed E-state index contributed by atoms with van der Waals surface area (Å²) in [6.07, 6.45) is 3.88. The van der Waals surface area contributed by atoms with Crippen molar-refractivity contribution in [3.8, 4) is 0 Å². The van der Waals surface area contributed by atoms with Crippen LogP contribution >= 0.6 is 11.6 Å². The minimum Gasteiger partial charge on any atom is -0.341 e. The molecule has 7 nitrogen and oxygen atoms in total. The average Bonchev–Trinajstić information content (AvgIpc) is 3.10. The van der Waals surface area contributed by atoms with Gasteiger partial charge in [0.25, 0.3) is 0 Å². The predicted octanol–water partition coefficient (Wildman–Crippen LogP) is 2.81. The highest BCUT2D eigenvalue weighted by atomic mass is 35.5. The Hall–Kier alpha value is -2.54. The molecule has 1 unspecified atom stereocenters. The predicted molar refractivity (Wildman–Crippen MR) is 94.7 cm³/mol. The number of aliphatic imine (C=N–C) groups is 3. The zero-order valence-corrected chi connectivity index (χ0v) is 13.6. The van der Waals surface area contributed by atoms with Crippen LogP contribution in [-0.2, 0) is 0 Å². The molecule has 3 heterocycles. The van der Waals surface area contributed by atoms with Gasteiger partial charge in [-0.2, -0.15) is 9.98 Å². The van der Waals surface area contributed by atoms with Crippen molar-refractivity contribution >= 4 is 47.2 Å². The third-order valence-electron chi connectivity index (χ3n) is 4.24. The quantitative estimate of drug-likeness (QED) is 0.851. The van der Waals surface area contributed by atoms with Crippen molar-refractivity contribution in [1.29, 1.82) is 5.41 Å². The lowest BCUT2D eigenvalue weighted by atomic mass is 10.0. The Morgan fingerprint density at radius 1 is 1.12 bits per heavy atom. The largest absolute Gasteiger partial charge is 0.355 e. The van der Waals surface area contributed by atoms with E-state index in [2.05, 4.69) is 19.9 Å². The number of benzene rings is 1. The van der Waals surface area contributed by atoms with Gasteiger partial charge in [-0.15, -0.1) is 0 Å². The second kappa shape index (κ2) is 5.83. The number of urea groups is 1. The number of nitrogens with zero attached hydrogens (tertiary/aromatic N) is 5. The van der Waals surface area contributed by atoms with Crippen LogP contribution in [0.2, 0.25) is 5.02 Å². The summed E-state index contributed by atoms with van der Waals surface area (Å²) >= 11 is 5.88. The van der Waals surface area contributed by atoms with Crippen molar-refractivity contribution in [3.05, 3.63) is 29.3 Å². The van der Waals surface area contributed by atoms with Gasteiger partial charge in [-0.1, -0.05) is 11.6 Å². The molecule has 3 aliphatic heterocycles. The first-order valence-corrected chi connectivity index (χ1v) is 8.16. The number of likely N-dealkylation sites (tertiary alicyclic amines) is 1. The molecule has 0 aromatic heterocycles. The first-order chi connectivity index (χ1) is 11.6. The van der Waals surface area contributed by atoms with Crippen molar-refractivity contribution in [2.24, 2.45) is 20.9 Å². The number of halogens is 1. The summed E-state index contributed by atoms with van der Waals surface area (Å²) in [5, 5.41) is 8.95. The van der Waals surface area contributed by atoms with E-state index in [1.165, 1.54) is 4.90 Å². The molecule has 0 saturated carbocycles. The number of guanidine groups is 1. The minimum atomic E-state index is -0.520. The van der Waals surface area contributed by atoms with Crippen LogP contribution in [0, 0.1) is 11.3 Å². The Labute approximate surface area is 143 Å². The first-order valence-electron chi connectivity index (χ1n) is 7.78. The van der Waals surface area contributed by atoms with Gasteiger partial charge in [-0.05, 0) is 37.1 Å². The lowest BCUT2D eigenvalue weighted by Gasteiger charge is -2.31. The van der Waals surface area contributed by atoms with Crippen LogP contribution < -0.4 is 4.90 Å². The maximum atomic E-state index is 12.4. The van der Waals surface area contributed by atoms with E-state index < -0.39 is 11.9 Å². The van der Waals surface area contributed by atoms with Crippen molar-refractivity contribution in [2.75, 3.05) is 18.0 Å². The number of carbonyl (C=O) groups excluding carboxylic acids is 1. The molecule has 0 aliphatic carbocycles. The molecule has 2 amide bonds. The molecule has 1 saturated heterocycles. The summed E-state index contributed by atoms with van der Waals surface area (Å²) in [5.41, 5.74) is 0.555. The smallest absolute Gasteiger partial charge is 0.341 e. The van der Waals surface area contributed by atoms with E-state index in [-0.39, 0.29) is 5.84 Å². The standard InChI is InChI=1S/C16H15ClN6O/c17-10-3-5-11(6-4-10)23-13(18)12-9-19-15(22-7-1-2-8-22)20-14(12)21-16(23)24/h3-6,9,12,18H,1-2,7-8H2. The van der Waals surface area contributed by atoms with Gasteiger partial charge in [0.1, 0.15) is 11.8 Å². The Morgan fingerprint density at radius 2 is 1.83 bits per heavy atom. The van der Waals surface area contributed by atoms with Gasteiger partial charge in [-0.3, -0.25) is 5.41 Å². The summed E-state index contributed by atoms with van der Waals surface area (Å²) in [6.45, 7) is 1.83. The Morgan fingerprint density at radius 3 is 2.54 bits per heavy atom. The molecule has 1 atom stereocenters. The zero-order valence-electron chi connectivity index (χ0n) is 12.8. The van der Waals surface area contributed by atoms with E-state index in [9.17, 15) is 4.79 Å². The maximum absolute atomic E-state index is 12.4. The van der Waals surface area contributed by atoms with E-state index in [0.29, 0.717) is 22.5 Å². The van der Waals surface area contributed by atoms with Gasteiger partial charge in [0.15, 0.2) is 5.84 Å². The number of amides is 2. The summed E-state index contributed by atoms with van der Waals surface area (Å²) < 4.78 is 0. The second-order valence-corrected chi connectivity index (χ2v) is 6.25. The number of hydrogen-bond donors (Lipinski definition) is 1. The molecular formula is C16H15ClN6O. The summed E-state index contributed by atoms with van der Waals surface area (Å²) in [5.74, 6) is 0.514. The number of anilines is 1. The molecule has 1 aromatic rings. The van der Waals surface area contributed by atoms with Crippen LogP contribution in [0.3, 0.4) is 0 Å². The van der Waals surface area contributed by atoms with Crippen LogP contribution in [0.25, 0.3) is 0 Å². The zero-order chi connectivity index (χ0) is 16.7. The minimum absolute atomic E-state index is 0.0975.